The average Bonchev–Trinajstić information content (AvgIpc) is 2.94. The fourth-order valence-corrected chi connectivity index (χ4v) is 3.19. The van der Waals surface area contributed by atoms with Gasteiger partial charge in [-0.3, -0.25) is 0 Å². The highest BCUT2D eigenvalue weighted by atomic mass is 16.3. The molecule has 1 aromatic heterocycles. The SMILES string of the molecule is CNC(c1ccoc1)C1CCCc2ccccc21. The van der Waals surface area contributed by atoms with Crippen LogP contribution < -0.4 is 5.32 Å². The van der Waals surface area contributed by atoms with Gasteiger partial charge in [-0.2, -0.15) is 0 Å². The molecule has 2 nitrogen and oxygen atoms in total. The van der Waals surface area contributed by atoms with E-state index in [1.54, 1.807) is 6.26 Å². The molecule has 0 radical (unpaired) electrons. The van der Waals surface area contributed by atoms with E-state index in [-0.39, 0.29) is 0 Å². The molecule has 3 rings (SSSR count). The summed E-state index contributed by atoms with van der Waals surface area (Å²) in [6, 6.07) is 11.3. The third kappa shape index (κ3) is 1.97. The molecule has 1 aliphatic carbocycles. The number of hydrogen-bond acceptors (Lipinski definition) is 2. The first-order valence-corrected chi connectivity index (χ1v) is 6.67. The summed E-state index contributed by atoms with van der Waals surface area (Å²) < 4.78 is 5.24. The molecule has 1 aliphatic rings. The zero-order valence-corrected chi connectivity index (χ0v) is 10.7. The Morgan fingerprint density at radius 2 is 2.17 bits per heavy atom. The Labute approximate surface area is 108 Å². The average molecular weight is 241 g/mol. The first kappa shape index (κ1) is 11.5. The number of furan rings is 1. The van der Waals surface area contributed by atoms with Crippen LogP contribution in [0, 0.1) is 0 Å². The van der Waals surface area contributed by atoms with Crippen molar-refractivity contribution < 1.29 is 4.42 Å². The predicted molar refractivity (Wildman–Crippen MR) is 72.6 cm³/mol. The fraction of sp³-hybridized carbons (Fsp3) is 0.375. The van der Waals surface area contributed by atoms with Crippen LogP contribution in [-0.4, -0.2) is 7.05 Å². The third-order valence-corrected chi connectivity index (χ3v) is 4.03. The van der Waals surface area contributed by atoms with Gasteiger partial charge in [-0.15, -0.1) is 0 Å². The summed E-state index contributed by atoms with van der Waals surface area (Å²) in [6.45, 7) is 0. The molecular weight excluding hydrogens is 222 g/mol. The summed E-state index contributed by atoms with van der Waals surface area (Å²) >= 11 is 0. The Kier molecular flexibility index (Phi) is 3.20. The van der Waals surface area contributed by atoms with Crippen molar-refractivity contribution in [2.24, 2.45) is 0 Å². The Morgan fingerprint density at radius 3 is 2.94 bits per heavy atom. The van der Waals surface area contributed by atoms with E-state index in [1.807, 2.05) is 13.3 Å². The number of hydrogen-bond donors (Lipinski definition) is 1. The van der Waals surface area contributed by atoms with Crippen molar-refractivity contribution in [3.8, 4) is 0 Å². The van der Waals surface area contributed by atoms with Crippen LogP contribution in [0.1, 0.15) is 41.5 Å². The molecular formula is C16H19NO. The van der Waals surface area contributed by atoms with Gasteiger partial charge in [-0.25, -0.2) is 0 Å². The van der Waals surface area contributed by atoms with Crippen molar-refractivity contribution in [2.75, 3.05) is 7.05 Å². The lowest BCUT2D eigenvalue weighted by Gasteiger charge is -2.31. The zero-order chi connectivity index (χ0) is 12.4. The van der Waals surface area contributed by atoms with Gasteiger partial charge in [0.15, 0.2) is 0 Å². The highest BCUT2D eigenvalue weighted by Gasteiger charge is 2.28. The molecule has 0 saturated heterocycles. The van der Waals surface area contributed by atoms with Crippen molar-refractivity contribution in [3.05, 3.63) is 59.5 Å². The van der Waals surface area contributed by atoms with E-state index in [0.29, 0.717) is 12.0 Å². The molecule has 0 aliphatic heterocycles. The van der Waals surface area contributed by atoms with Crippen LogP contribution in [0.15, 0.2) is 47.3 Å². The lowest BCUT2D eigenvalue weighted by atomic mass is 9.77. The second-order valence-electron chi connectivity index (χ2n) is 5.02. The van der Waals surface area contributed by atoms with Crippen molar-refractivity contribution in [1.82, 2.24) is 5.32 Å². The van der Waals surface area contributed by atoms with Crippen LogP contribution in [-0.2, 0) is 6.42 Å². The molecule has 0 saturated carbocycles. The van der Waals surface area contributed by atoms with Gasteiger partial charge in [0.1, 0.15) is 0 Å². The minimum Gasteiger partial charge on any atom is -0.472 e. The minimum atomic E-state index is 0.352. The Bertz CT molecular complexity index is 504. The van der Waals surface area contributed by atoms with E-state index < -0.39 is 0 Å². The first-order chi connectivity index (χ1) is 8.90. The van der Waals surface area contributed by atoms with Crippen LogP contribution in [0.2, 0.25) is 0 Å². The molecule has 0 amide bonds. The Balaban J connectivity index is 1.97. The van der Waals surface area contributed by atoms with Crippen molar-refractivity contribution in [1.29, 1.82) is 0 Å². The van der Waals surface area contributed by atoms with E-state index >= 15 is 0 Å². The molecule has 2 unspecified atom stereocenters. The van der Waals surface area contributed by atoms with Gasteiger partial charge in [0, 0.05) is 17.5 Å². The standard InChI is InChI=1S/C16H19NO/c1-17-16(13-9-10-18-11-13)15-8-4-6-12-5-2-3-7-14(12)15/h2-3,5,7,9-11,15-17H,4,6,8H2,1H3. The molecule has 0 bridgehead atoms. The van der Waals surface area contributed by atoms with Gasteiger partial charge in [0.2, 0.25) is 0 Å². The number of fused-ring (bicyclic) bond motifs is 1. The van der Waals surface area contributed by atoms with Gasteiger partial charge in [0.05, 0.1) is 12.5 Å². The number of rotatable bonds is 3. The van der Waals surface area contributed by atoms with Crippen LogP contribution in [0.5, 0.6) is 0 Å². The summed E-state index contributed by atoms with van der Waals surface area (Å²) in [5.74, 6) is 0.553. The second-order valence-corrected chi connectivity index (χ2v) is 5.02. The summed E-state index contributed by atoms with van der Waals surface area (Å²) in [4.78, 5) is 0. The topological polar surface area (TPSA) is 25.2 Å². The molecule has 1 N–H and O–H groups in total. The maximum atomic E-state index is 5.24. The van der Waals surface area contributed by atoms with Crippen LogP contribution in [0.4, 0.5) is 0 Å². The van der Waals surface area contributed by atoms with Crippen LogP contribution >= 0.6 is 0 Å². The van der Waals surface area contributed by atoms with Crippen molar-refractivity contribution in [2.45, 2.75) is 31.2 Å². The normalized spacial score (nSPS) is 20.4. The lowest BCUT2D eigenvalue weighted by molar-refractivity contribution is 0.421. The first-order valence-electron chi connectivity index (χ1n) is 6.67. The molecule has 0 spiro atoms. The Morgan fingerprint density at radius 1 is 1.28 bits per heavy atom. The zero-order valence-electron chi connectivity index (χ0n) is 10.7. The maximum Gasteiger partial charge on any atom is 0.0950 e. The second kappa shape index (κ2) is 4.99. The van der Waals surface area contributed by atoms with Crippen molar-refractivity contribution >= 4 is 0 Å². The summed E-state index contributed by atoms with van der Waals surface area (Å²) in [6.07, 6.45) is 7.35. The summed E-state index contributed by atoms with van der Waals surface area (Å²) in [7, 11) is 2.04. The molecule has 1 heterocycles. The third-order valence-electron chi connectivity index (χ3n) is 4.03. The maximum absolute atomic E-state index is 5.24. The largest absolute Gasteiger partial charge is 0.472 e. The highest BCUT2D eigenvalue weighted by Crippen LogP contribution is 2.40. The molecule has 2 atom stereocenters. The molecule has 94 valence electrons. The molecule has 2 aromatic rings. The lowest BCUT2D eigenvalue weighted by Crippen LogP contribution is -2.26. The van der Waals surface area contributed by atoms with Gasteiger partial charge in [-0.1, -0.05) is 24.3 Å². The smallest absolute Gasteiger partial charge is 0.0950 e. The number of benzene rings is 1. The summed E-state index contributed by atoms with van der Waals surface area (Å²) in [5.41, 5.74) is 4.26. The quantitative estimate of drug-likeness (QED) is 0.887. The van der Waals surface area contributed by atoms with E-state index in [4.69, 9.17) is 4.42 Å². The van der Waals surface area contributed by atoms with Gasteiger partial charge >= 0.3 is 0 Å². The molecule has 0 fully saturated rings. The van der Waals surface area contributed by atoms with Crippen LogP contribution in [0.25, 0.3) is 0 Å². The van der Waals surface area contributed by atoms with Gasteiger partial charge in [0.25, 0.3) is 0 Å². The van der Waals surface area contributed by atoms with Crippen molar-refractivity contribution in [3.63, 3.8) is 0 Å². The van der Waals surface area contributed by atoms with Crippen LogP contribution in [0.3, 0.4) is 0 Å². The minimum absolute atomic E-state index is 0.352. The number of nitrogens with one attached hydrogen (secondary N) is 1. The predicted octanol–water partition coefficient (Wildman–Crippen LogP) is 3.66. The Hall–Kier alpha value is -1.54. The molecule has 18 heavy (non-hydrogen) atoms. The number of likely N-dealkylation sites (N-methyl/N-ethyl adjacent to an activating group) is 1. The van der Waals surface area contributed by atoms with E-state index in [0.717, 1.165) is 0 Å². The van der Waals surface area contributed by atoms with E-state index in [2.05, 4.69) is 35.6 Å². The highest BCUT2D eigenvalue weighted by molar-refractivity contribution is 5.35. The van der Waals surface area contributed by atoms with Gasteiger partial charge < -0.3 is 9.73 Å². The summed E-state index contributed by atoms with van der Waals surface area (Å²) in [5, 5.41) is 3.46. The molecule has 1 aromatic carbocycles. The fourth-order valence-electron chi connectivity index (χ4n) is 3.19. The number of aryl methyl sites for hydroxylation is 1. The van der Waals surface area contributed by atoms with E-state index in [9.17, 15) is 0 Å². The van der Waals surface area contributed by atoms with Gasteiger partial charge in [-0.05, 0) is 43.5 Å². The van der Waals surface area contributed by atoms with E-state index in [1.165, 1.54) is 36.0 Å². The monoisotopic (exact) mass is 241 g/mol. The molecule has 2 heteroatoms.